The molecule has 0 aliphatic heterocycles. The monoisotopic (exact) mass is 219 g/mol. The van der Waals surface area contributed by atoms with Gasteiger partial charge in [0.15, 0.2) is 11.3 Å². The number of carboxylic acids is 1. The van der Waals surface area contributed by atoms with Gasteiger partial charge in [-0.15, -0.1) is 0 Å². The second-order valence-corrected chi connectivity index (χ2v) is 4.70. The van der Waals surface area contributed by atoms with Crippen molar-refractivity contribution in [2.75, 3.05) is 0 Å². The molecular formula is C11H13N3O2. The molecule has 0 aliphatic rings. The molecule has 0 amide bonds. The van der Waals surface area contributed by atoms with Crippen LogP contribution in [-0.2, 0) is 5.41 Å². The quantitative estimate of drug-likeness (QED) is 0.793. The van der Waals surface area contributed by atoms with E-state index in [9.17, 15) is 4.79 Å². The fourth-order valence-electron chi connectivity index (χ4n) is 1.37. The first kappa shape index (κ1) is 10.6. The van der Waals surface area contributed by atoms with Crippen LogP contribution in [0.5, 0.6) is 0 Å². The molecule has 0 radical (unpaired) electrons. The summed E-state index contributed by atoms with van der Waals surface area (Å²) < 4.78 is 1.59. The van der Waals surface area contributed by atoms with Crippen molar-refractivity contribution in [2.45, 2.75) is 26.2 Å². The lowest BCUT2D eigenvalue weighted by atomic mass is 9.93. The molecule has 0 saturated carbocycles. The van der Waals surface area contributed by atoms with Crippen molar-refractivity contribution >= 4 is 11.6 Å². The largest absolute Gasteiger partial charge is 0.477 e. The Kier molecular flexibility index (Phi) is 2.18. The molecule has 0 bridgehead atoms. The number of carbonyl (C=O) groups is 1. The van der Waals surface area contributed by atoms with E-state index in [1.807, 2.05) is 26.8 Å². The van der Waals surface area contributed by atoms with Crippen LogP contribution in [0.1, 0.15) is 37.0 Å². The van der Waals surface area contributed by atoms with Crippen LogP contribution in [0.25, 0.3) is 5.65 Å². The number of rotatable bonds is 1. The van der Waals surface area contributed by atoms with E-state index in [-0.39, 0.29) is 11.1 Å². The Morgan fingerprint density at radius 3 is 2.69 bits per heavy atom. The molecule has 2 rings (SSSR count). The number of aromatic nitrogens is 3. The van der Waals surface area contributed by atoms with E-state index in [4.69, 9.17) is 5.11 Å². The Hall–Kier alpha value is -1.91. The van der Waals surface area contributed by atoms with Gasteiger partial charge in [0.1, 0.15) is 0 Å². The molecule has 0 fully saturated rings. The Morgan fingerprint density at radius 2 is 2.12 bits per heavy atom. The standard InChI is InChI=1S/C11H13N3O2/c1-11(2,3)8-6-9-12-7(10(15)16)4-5-14(9)13-8/h4-6H,1-3H3,(H,15,16). The lowest BCUT2D eigenvalue weighted by Gasteiger charge is -2.13. The van der Waals surface area contributed by atoms with Crippen LogP contribution in [-0.4, -0.2) is 25.7 Å². The second-order valence-electron chi connectivity index (χ2n) is 4.70. The highest BCUT2D eigenvalue weighted by Crippen LogP contribution is 2.21. The average Bonchev–Trinajstić information content (AvgIpc) is 2.58. The maximum Gasteiger partial charge on any atom is 0.354 e. The Bertz CT molecular complexity index is 552. The predicted octanol–water partition coefficient (Wildman–Crippen LogP) is 1.72. The summed E-state index contributed by atoms with van der Waals surface area (Å²) in [7, 11) is 0. The zero-order chi connectivity index (χ0) is 11.9. The summed E-state index contributed by atoms with van der Waals surface area (Å²) in [6.45, 7) is 6.15. The maximum atomic E-state index is 10.8. The number of hydrogen-bond acceptors (Lipinski definition) is 3. The summed E-state index contributed by atoms with van der Waals surface area (Å²) in [5.41, 5.74) is 1.41. The summed E-state index contributed by atoms with van der Waals surface area (Å²) >= 11 is 0. The van der Waals surface area contributed by atoms with Gasteiger partial charge in [-0.25, -0.2) is 14.3 Å². The first-order valence-electron chi connectivity index (χ1n) is 4.98. The Labute approximate surface area is 92.7 Å². The Morgan fingerprint density at radius 1 is 1.44 bits per heavy atom. The minimum Gasteiger partial charge on any atom is -0.477 e. The van der Waals surface area contributed by atoms with E-state index in [2.05, 4.69) is 10.1 Å². The van der Waals surface area contributed by atoms with Crippen molar-refractivity contribution in [2.24, 2.45) is 0 Å². The van der Waals surface area contributed by atoms with E-state index < -0.39 is 5.97 Å². The molecule has 0 atom stereocenters. The highest BCUT2D eigenvalue weighted by atomic mass is 16.4. The molecule has 16 heavy (non-hydrogen) atoms. The number of nitrogens with zero attached hydrogens (tertiary/aromatic N) is 3. The van der Waals surface area contributed by atoms with Gasteiger partial charge in [-0.05, 0) is 6.07 Å². The molecule has 0 aliphatic carbocycles. The van der Waals surface area contributed by atoms with Gasteiger partial charge in [0, 0.05) is 17.7 Å². The van der Waals surface area contributed by atoms with Crippen LogP contribution in [0, 0.1) is 0 Å². The summed E-state index contributed by atoms with van der Waals surface area (Å²) in [6.07, 6.45) is 1.61. The third-order valence-electron chi connectivity index (χ3n) is 2.31. The van der Waals surface area contributed by atoms with Gasteiger partial charge in [-0.2, -0.15) is 5.10 Å². The summed E-state index contributed by atoms with van der Waals surface area (Å²) in [5.74, 6) is -1.03. The van der Waals surface area contributed by atoms with Crippen molar-refractivity contribution in [3.63, 3.8) is 0 Å². The third-order valence-corrected chi connectivity index (χ3v) is 2.31. The van der Waals surface area contributed by atoms with Gasteiger partial charge < -0.3 is 5.11 Å². The van der Waals surface area contributed by atoms with Crippen molar-refractivity contribution in [3.8, 4) is 0 Å². The summed E-state index contributed by atoms with van der Waals surface area (Å²) in [6, 6.07) is 3.25. The van der Waals surface area contributed by atoms with Crippen LogP contribution >= 0.6 is 0 Å². The first-order chi connectivity index (χ1) is 7.38. The molecule has 2 aromatic heterocycles. The lowest BCUT2D eigenvalue weighted by Crippen LogP contribution is -2.11. The normalized spacial score (nSPS) is 11.9. The predicted molar refractivity (Wildman–Crippen MR) is 58.6 cm³/mol. The molecular weight excluding hydrogens is 206 g/mol. The number of aromatic carboxylic acids is 1. The molecule has 0 spiro atoms. The fourth-order valence-corrected chi connectivity index (χ4v) is 1.37. The van der Waals surface area contributed by atoms with Gasteiger partial charge >= 0.3 is 5.97 Å². The van der Waals surface area contributed by atoms with Gasteiger partial charge in [0.05, 0.1) is 5.69 Å². The molecule has 5 nitrogen and oxygen atoms in total. The summed E-state index contributed by atoms with van der Waals surface area (Å²) in [4.78, 5) is 14.8. The molecule has 84 valence electrons. The highest BCUT2D eigenvalue weighted by molar-refractivity contribution is 5.85. The van der Waals surface area contributed by atoms with Crippen molar-refractivity contribution in [1.82, 2.24) is 14.6 Å². The Balaban J connectivity index is 2.59. The average molecular weight is 219 g/mol. The van der Waals surface area contributed by atoms with Crippen LogP contribution < -0.4 is 0 Å². The van der Waals surface area contributed by atoms with Crippen LogP contribution in [0.15, 0.2) is 18.3 Å². The molecule has 0 aromatic carbocycles. The van der Waals surface area contributed by atoms with Crippen LogP contribution in [0.4, 0.5) is 0 Å². The van der Waals surface area contributed by atoms with Gasteiger partial charge in [-0.3, -0.25) is 0 Å². The second kappa shape index (κ2) is 3.30. The fraction of sp³-hybridized carbons (Fsp3) is 0.364. The van der Waals surface area contributed by atoms with E-state index in [1.165, 1.54) is 6.07 Å². The van der Waals surface area contributed by atoms with Crippen molar-refractivity contribution in [3.05, 3.63) is 29.7 Å². The number of hydrogen-bond donors (Lipinski definition) is 1. The molecule has 2 aromatic rings. The van der Waals surface area contributed by atoms with E-state index in [0.717, 1.165) is 5.69 Å². The van der Waals surface area contributed by atoms with E-state index in [0.29, 0.717) is 5.65 Å². The van der Waals surface area contributed by atoms with Crippen LogP contribution in [0.2, 0.25) is 0 Å². The summed E-state index contributed by atoms with van der Waals surface area (Å²) in [5, 5.41) is 13.2. The number of carboxylic acid groups (broad SMARTS) is 1. The minimum absolute atomic E-state index is 0.0351. The van der Waals surface area contributed by atoms with Crippen molar-refractivity contribution < 1.29 is 9.90 Å². The van der Waals surface area contributed by atoms with Crippen molar-refractivity contribution in [1.29, 1.82) is 0 Å². The highest BCUT2D eigenvalue weighted by Gasteiger charge is 2.18. The van der Waals surface area contributed by atoms with Gasteiger partial charge in [0.2, 0.25) is 0 Å². The van der Waals surface area contributed by atoms with Gasteiger partial charge in [-0.1, -0.05) is 20.8 Å². The van der Waals surface area contributed by atoms with E-state index in [1.54, 1.807) is 10.7 Å². The van der Waals surface area contributed by atoms with Crippen LogP contribution in [0.3, 0.4) is 0 Å². The van der Waals surface area contributed by atoms with Gasteiger partial charge in [0.25, 0.3) is 0 Å². The first-order valence-corrected chi connectivity index (χ1v) is 4.98. The zero-order valence-electron chi connectivity index (χ0n) is 9.43. The number of fused-ring (bicyclic) bond motifs is 1. The molecule has 1 N–H and O–H groups in total. The maximum absolute atomic E-state index is 10.8. The molecule has 0 unspecified atom stereocenters. The zero-order valence-corrected chi connectivity index (χ0v) is 9.43. The SMILES string of the molecule is CC(C)(C)c1cc2nc(C(=O)O)ccn2n1. The topological polar surface area (TPSA) is 67.5 Å². The molecule has 5 heteroatoms. The molecule has 2 heterocycles. The lowest BCUT2D eigenvalue weighted by molar-refractivity contribution is 0.0690. The smallest absolute Gasteiger partial charge is 0.354 e. The van der Waals surface area contributed by atoms with E-state index >= 15 is 0 Å². The minimum atomic E-state index is -1.03. The molecule has 0 saturated heterocycles. The third kappa shape index (κ3) is 1.76.